The first kappa shape index (κ1) is 16.2. The number of rotatable bonds is 3. The fraction of sp³-hybridized carbons (Fsp3) is 0.0556. The second-order valence-electron chi connectivity index (χ2n) is 5.61. The molecule has 2 aromatic heterocycles. The monoisotopic (exact) mass is 368 g/mol. The minimum Gasteiger partial charge on any atom is -0.504 e. The molecule has 0 amide bonds. The normalized spacial score (nSPS) is 11.6. The van der Waals surface area contributed by atoms with E-state index in [2.05, 4.69) is 15.1 Å². The fourth-order valence-corrected chi connectivity index (χ4v) is 2.88. The zero-order valence-corrected chi connectivity index (χ0v) is 14.4. The maximum Gasteiger partial charge on any atom is 0.298 e. The number of nitrogens with zero attached hydrogens (tertiary/aromatic N) is 3. The van der Waals surface area contributed by atoms with E-state index in [9.17, 15) is 9.90 Å². The number of aromatic amines is 1. The standard InChI is InChI=1S/C18H13ClN4O3/c1-26-15-6-10(2-5-14(15)24)8-21-23-9-20-16-12-7-11(19)3-4-13(12)22-17(16)18(23)25/h2-9,22,24H,1H3/b21-8+. The summed E-state index contributed by atoms with van der Waals surface area (Å²) < 4.78 is 6.19. The highest BCUT2D eigenvalue weighted by molar-refractivity contribution is 6.31. The zero-order chi connectivity index (χ0) is 18.3. The van der Waals surface area contributed by atoms with Gasteiger partial charge in [0.2, 0.25) is 0 Å². The SMILES string of the molecule is COc1cc(/C=N/n2cnc3c([nH]c4ccc(Cl)cc43)c2=O)ccc1O. The number of phenols is 1. The summed E-state index contributed by atoms with van der Waals surface area (Å²) in [5, 5.41) is 15.1. The number of phenolic OH excluding ortho intramolecular Hbond substituents is 1. The van der Waals surface area contributed by atoms with Gasteiger partial charge < -0.3 is 14.8 Å². The van der Waals surface area contributed by atoms with Gasteiger partial charge in [-0.05, 0) is 42.0 Å². The average molecular weight is 369 g/mol. The summed E-state index contributed by atoms with van der Waals surface area (Å²) in [7, 11) is 1.46. The molecule has 0 saturated carbocycles. The minimum absolute atomic E-state index is 0.0293. The number of benzene rings is 2. The van der Waals surface area contributed by atoms with Crippen molar-refractivity contribution in [2.24, 2.45) is 5.10 Å². The van der Waals surface area contributed by atoms with Gasteiger partial charge >= 0.3 is 0 Å². The van der Waals surface area contributed by atoms with E-state index < -0.39 is 0 Å². The highest BCUT2D eigenvalue weighted by atomic mass is 35.5. The van der Waals surface area contributed by atoms with Gasteiger partial charge in [-0.3, -0.25) is 4.79 Å². The first-order valence-corrected chi connectivity index (χ1v) is 8.04. The van der Waals surface area contributed by atoms with Crippen LogP contribution in [-0.4, -0.2) is 33.1 Å². The number of halogens is 1. The van der Waals surface area contributed by atoms with Crippen molar-refractivity contribution >= 4 is 39.8 Å². The number of hydrogen-bond donors (Lipinski definition) is 2. The Balaban J connectivity index is 1.79. The molecule has 0 radical (unpaired) electrons. The quantitative estimate of drug-likeness (QED) is 0.543. The third-order valence-electron chi connectivity index (χ3n) is 3.99. The van der Waals surface area contributed by atoms with Crippen molar-refractivity contribution in [3.63, 3.8) is 0 Å². The number of nitrogens with one attached hydrogen (secondary N) is 1. The Morgan fingerprint density at radius 1 is 1.31 bits per heavy atom. The van der Waals surface area contributed by atoms with Gasteiger partial charge in [0.05, 0.1) is 13.3 Å². The Kier molecular flexibility index (Phi) is 3.85. The highest BCUT2D eigenvalue weighted by Gasteiger charge is 2.11. The van der Waals surface area contributed by atoms with Gasteiger partial charge in [0.25, 0.3) is 5.56 Å². The first-order valence-electron chi connectivity index (χ1n) is 7.67. The van der Waals surface area contributed by atoms with E-state index in [1.165, 1.54) is 25.7 Å². The number of hydrogen-bond acceptors (Lipinski definition) is 5. The van der Waals surface area contributed by atoms with E-state index in [-0.39, 0.29) is 11.3 Å². The fourth-order valence-electron chi connectivity index (χ4n) is 2.70. The van der Waals surface area contributed by atoms with Crippen LogP contribution >= 0.6 is 11.6 Å². The van der Waals surface area contributed by atoms with Gasteiger partial charge in [-0.25, -0.2) is 4.98 Å². The third-order valence-corrected chi connectivity index (χ3v) is 4.22. The summed E-state index contributed by atoms with van der Waals surface area (Å²) in [6.45, 7) is 0. The smallest absolute Gasteiger partial charge is 0.298 e. The molecule has 4 rings (SSSR count). The number of methoxy groups -OCH3 is 1. The van der Waals surface area contributed by atoms with E-state index in [4.69, 9.17) is 16.3 Å². The Morgan fingerprint density at radius 2 is 2.15 bits per heavy atom. The van der Waals surface area contributed by atoms with Crippen molar-refractivity contribution in [2.45, 2.75) is 0 Å². The van der Waals surface area contributed by atoms with Crippen molar-refractivity contribution < 1.29 is 9.84 Å². The molecule has 0 saturated heterocycles. The minimum atomic E-state index is -0.329. The van der Waals surface area contributed by atoms with E-state index in [1.807, 2.05) is 0 Å². The van der Waals surface area contributed by atoms with E-state index in [0.29, 0.717) is 27.4 Å². The Labute approximate surface area is 152 Å². The molecular weight excluding hydrogens is 356 g/mol. The number of aromatic nitrogens is 3. The van der Waals surface area contributed by atoms with E-state index >= 15 is 0 Å². The summed E-state index contributed by atoms with van der Waals surface area (Å²) in [5.41, 5.74) is 2.01. The molecule has 2 N–H and O–H groups in total. The van der Waals surface area contributed by atoms with Gasteiger partial charge in [-0.2, -0.15) is 9.78 Å². The lowest BCUT2D eigenvalue weighted by molar-refractivity contribution is 0.373. The first-order chi connectivity index (χ1) is 12.6. The molecule has 0 unspecified atom stereocenters. The van der Waals surface area contributed by atoms with Crippen LogP contribution in [0.5, 0.6) is 11.5 Å². The highest BCUT2D eigenvalue weighted by Crippen LogP contribution is 2.26. The Hall–Kier alpha value is -3.32. The van der Waals surface area contributed by atoms with Crippen molar-refractivity contribution in [2.75, 3.05) is 7.11 Å². The largest absolute Gasteiger partial charge is 0.504 e. The second-order valence-corrected chi connectivity index (χ2v) is 6.05. The Bertz CT molecular complexity index is 1230. The molecular formula is C18H13ClN4O3. The number of fused-ring (bicyclic) bond motifs is 3. The molecule has 2 aromatic carbocycles. The van der Waals surface area contributed by atoms with Gasteiger partial charge in [0, 0.05) is 15.9 Å². The van der Waals surface area contributed by atoms with Crippen molar-refractivity contribution in [1.29, 1.82) is 0 Å². The molecule has 8 heteroatoms. The lowest BCUT2D eigenvalue weighted by atomic mass is 10.2. The van der Waals surface area contributed by atoms with Crippen LogP contribution in [0.15, 0.2) is 52.6 Å². The van der Waals surface area contributed by atoms with Crippen LogP contribution in [-0.2, 0) is 0 Å². The topological polar surface area (TPSA) is 92.5 Å². The van der Waals surface area contributed by atoms with Gasteiger partial charge in [-0.15, -0.1) is 0 Å². The van der Waals surface area contributed by atoms with Crippen LogP contribution < -0.4 is 10.3 Å². The molecule has 0 fully saturated rings. The summed E-state index contributed by atoms with van der Waals surface area (Å²) in [4.78, 5) is 20.0. The summed E-state index contributed by atoms with van der Waals surface area (Å²) in [5.74, 6) is 0.351. The molecule has 0 bridgehead atoms. The maximum absolute atomic E-state index is 12.7. The molecule has 0 atom stereocenters. The predicted octanol–water partition coefficient (Wildman–Crippen LogP) is 3.13. The number of H-pyrrole nitrogens is 1. The average Bonchev–Trinajstić information content (AvgIpc) is 3.01. The summed E-state index contributed by atoms with van der Waals surface area (Å²) in [6.07, 6.45) is 2.84. The van der Waals surface area contributed by atoms with Crippen LogP contribution in [0.3, 0.4) is 0 Å². The second kappa shape index (κ2) is 6.20. The predicted molar refractivity (Wildman–Crippen MR) is 101 cm³/mol. The van der Waals surface area contributed by atoms with Crippen LogP contribution in [0.25, 0.3) is 21.9 Å². The molecule has 0 aliphatic heterocycles. The number of aromatic hydroxyl groups is 1. The van der Waals surface area contributed by atoms with Crippen LogP contribution in [0.4, 0.5) is 0 Å². The summed E-state index contributed by atoms with van der Waals surface area (Å²) >= 11 is 6.02. The zero-order valence-electron chi connectivity index (χ0n) is 13.6. The molecule has 0 aliphatic carbocycles. The molecule has 130 valence electrons. The molecule has 7 nitrogen and oxygen atoms in total. The lowest BCUT2D eigenvalue weighted by Gasteiger charge is -2.03. The van der Waals surface area contributed by atoms with Crippen molar-refractivity contribution in [1.82, 2.24) is 14.6 Å². The van der Waals surface area contributed by atoms with Gasteiger partial charge in [0.15, 0.2) is 11.5 Å². The third kappa shape index (κ3) is 2.68. The maximum atomic E-state index is 12.7. The van der Waals surface area contributed by atoms with E-state index in [0.717, 1.165) is 15.6 Å². The molecule has 2 heterocycles. The van der Waals surface area contributed by atoms with Gasteiger partial charge in [-0.1, -0.05) is 11.6 Å². The van der Waals surface area contributed by atoms with Crippen LogP contribution in [0.1, 0.15) is 5.56 Å². The molecule has 4 aromatic rings. The number of ether oxygens (including phenoxy) is 1. The van der Waals surface area contributed by atoms with Crippen LogP contribution in [0, 0.1) is 0 Å². The van der Waals surface area contributed by atoms with Crippen molar-refractivity contribution in [3.8, 4) is 11.5 Å². The lowest BCUT2D eigenvalue weighted by Crippen LogP contribution is -2.17. The molecule has 0 aliphatic rings. The molecule has 26 heavy (non-hydrogen) atoms. The molecule has 0 spiro atoms. The Morgan fingerprint density at radius 3 is 2.96 bits per heavy atom. The van der Waals surface area contributed by atoms with Gasteiger partial charge in [0.1, 0.15) is 17.4 Å². The van der Waals surface area contributed by atoms with E-state index in [1.54, 1.807) is 30.3 Å². The summed E-state index contributed by atoms with van der Waals surface area (Å²) in [6, 6.07) is 10.1. The van der Waals surface area contributed by atoms with Crippen molar-refractivity contribution in [3.05, 3.63) is 63.7 Å². The van der Waals surface area contributed by atoms with Crippen LogP contribution in [0.2, 0.25) is 5.02 Å².